The Bertz CT molecular complexity index is 734. The van der Waals surface area contributed by atoms with Crippen LogP contribution in [-0.4, -0.2) is 53.9 Å². The first-order valence-electron chi connectivity index (χ1n) is 9.61. The van der Waals surface area contributed by atoms with Crippen molar-refractivity contribution < 1.29 is 14.2 Å². The molecular formula is C21H27N3O3. The van der Waals surface area contributed by atoms with E-state index in [2.05, 4.69) is 20.9 Å². The van der Waals surface area contributed by atoms with Crippen LogP contribution in [0.2, 0.25) is 0 Å². The number of methoxy groups -OCH3 is 1. The van der Waals surface area contributed by atoms with Crippen LogP contribution in [0.3, 0.4) is 0 Å². The van der Waals surface area contributed by atoms with Gasteiger partial charge in [0.25, 0.3) is 0 Å². The summed E-state index contributed by atoms with van der Waals surface area (Å²) in [4.78, 5) is 11.0. The lowest BCUT2D eigenvalue weighted by molar-refractivity contribution is -0.139. The first-order chi connectivity index (χ1) is 13.3. The molecule has 2 aliphatic heterocycles. The molecule has 2 saturated heterocycles. The van der Waals surface area contributed by atoms with Crippen LogP contribution >= 0.6 is 0 Å². The van der Waals surface area contributed by atoms with Gasteiger partial charge < -0.3 is 14.2 Å². The Morgan fingerprint density at radius 3 is 2.89 bits per heavy atom. The molecule has 2 aromatic rings. The standard InChI is InChI=1S/C21H27N3O3/c1-25-20-17(5-4-10-23-20)13-24-15-21(16-24)18(8-12-27-21)7-11-26-14-19-6-2-3-9-22-19/h2-6,9-10,18H,7-8,11-16H2,1H3. The number of likely N-dealkylation sites (tertiary alicyclic amines) is 1. The van der Waals surface area contributed by atoms with Crippen molar-refractivity contribution in [2.24, 2.45) is 5.92 Å². The van der Waals surface area contributed by atoms with E-state index < -0.39 is 0 Å². The van der Waals surface area contributed by atoms with Crippen molar-refractivity contribution in [2.75, 3.05) is 33.4 Å². The van der Waals surface area contributed by atoms with E-state index in [1.54, 1.807) is 19.5 Å². The smallest absolute Gasteiger partial charge is 0.217 e. The maximum atomic E-state index is 6.17. The molecule has 0 aromatic carbocycles. The number of pyridine rings is 2. The summed E-state index contributed by atoms with van der Waals surface area (Å²) < 4.78 is 17.4. The molecule has 1 atom stereocenters. The van der Waals surface area contributed by atoms with Gasteiger partial charge in [0.05, 0.1) is 25.0 Å². The van der Waals surface area contributed by atoms with Gasteiger partial charge in [-0.05, 0) is 37.0 Å². The molecule has 2 aliphatic rings. The summed E-state index contributed by atoms with van der Waals surface area (Å²) in [6.07, 6.45) is 5.73. The zero-order valence-electron chi connectivity index (χ0n) is 15.8. The summed E-state index contributed by atoms with van der Waals surface area (Å²) in [7, 11) is 1.67. The monoisotopic (exact) mass is 369 g/mol. The van der Waals surface area contributed by atoms with E-state index in [1.807, 2.05) is 24.3 Å². The Morgan fingerprint density at radius 1 is 1.19 bits per heavy atom. The SMILES string of the molecule is COc1ncccc1CN1CC2(C1)OCCC2CCOCc1ccccn1. The fourth-order valence-corrected chi connectivity index (χ4v) is 4.22. The van der Waals surface area contributed by atoms with Crippen LogP contribution in [0.15, 0.2) is 42.7 Å². The van der Waals surface area contributed by atoms with Gasteiger partial charge in [0.15, 0.2) is 0 Å². The van der Waals surface area contributed by atoms with Crippen LogP contribution in [0.4, 0.5) is 0 Å². The average molecular weight is 369 g/mol. The zero-order chi connectivity index (χ0) is 18.5. The lowest BCUT2D eigenvalue weighted by Crippen LogP contribution is -2.64. The molecular weight excluding hydrogens is 342 g/mol. The van der Waals surface area contributed by atoms with Gasteiger partial charge in [0.1, 0.15) is 0 Å². The predicted octanol–water partition coefficient (Wildman–Crippen LogP) is 2.68. The molecule has 4 rings (SSSR count). The Hall–Kier alpha value is -2.02. The third-order valence-corrected chi connectivity index (χ3v) is 5.61. The Balaban J connectivity index is 1.24. The molecule has 2 aromatic heterocycles. The largest absolute Gasteiger partial charge is 0.481 e. The van der Waals surface area contributed by atoms with Gasteiger partial charge in [-0.3, -0.25) is 9.88 Å². The van der Waals surface area contributed by atoms with Gasteiger partial charge in [0.2, 0.25) is 5.88 Å². The number of hydrogen-bond acceptors (Lipinski definition) is 6. The highest BCUT2D eigenvalue weighted by Crippen LogP contribution is 2.42. The summed E-state index contributed by atoms with van der Waals surface area (Å²) in [5.41, 5.74) is 2.11. The van der Waals surface area contributed by atoms with Crippen molar-refractivity contribution in [1.82, 2.24) is 14.9 Å². The first kappa shape index (κ1) is 18.3. The van der Waals surface area contributed by atoms with E-state index in [4.69, 9.17) is 14.2 Å². The highest BCUT2D eigenvalue weighted by atomic mass is 16.5. The van der Waals surface area contributed by atoms with Crippen LogP contribution in [0, 0.1) is 5.92 Å². The van der Waals surface area contributed by atoms with Crippen molar-refractivity contribution in [2.45, 2.75) is 31.6 Å². The zero-order valence-corrected chi connectivity index (χ0v) is 15.8. The highest BCUT2D eigenvalue weighted by molar-refractivity contribution is 5.26. The Labute approximate surface area is 160 Å². The van der Waals surface area contributed by atoms with E-state index in [0.717, 1.165) is 56.9 Å². The topological polar surface area (TPSA) is 56.7 Å². The minimum absolute atomic E-state index is 0.00377. The van der Waals surface area contributed by atoms with Crippen molar-refractivity contribution in [3.8, 4) is 5.88 Å². The van der Waals surface area contributed by atoms with Crippen molar-refractivity contribution in [3.05, 3.63) is 54.0 Å². The van der Waals surface area contributed by atoms with Gasteiger partial charge >= 0.3 is 0 Å². The third-order valence-electron chi connectivity index (χ3n) is 5.61. The number of hydrogen-bond donors (Lipinski definition) is 0. The van der Waals surface area contributed by atoms with Crippen LogP contribution in [-0.2, 0) is 22.6 Å². The number of rotatable bonds is 8. The Kier molecular flexibility index (Phi) is 5.66. The normalized spacial score (nSPS) is 21.3. The van der Waals surface area contributed by atoms with E-state index in [0.29, 0.717) is 18.4 Å². The van der Waals surface area contributed by atoms with Crippen molar-refractivity contribution in [1.29, 1.82) is 0 Å². The molecule has 6 heteroatoms. The molecule has 27 heavy (non-hydrogen) atoms. The second kappa shape index (κ2) is 8.33. The minimum Gasteiger partial charge on any atom is -0.481 e. The maximum Gasteiger partial charge on any atom is 0.217 e. The summed E-state index contributed by atoms with van der Waals surface area (Å²) >= 11 is 0. The molecule has 0 N–H and O–H groups in total. The van der Waals surface area contributed by atoms with E-state index in [1.165, 1.54) is 0 Å². The lowest BCUT2D eigenvalue weighted by Gasteiger charge is -2.50. The van der Waals surface area contributed by atoms with Crippen molar-refractivity contribution in [3.63, 3.8) is 0 Å². The molecule has 6 nitrogen and oxygen atoms in total. The van der Waals surface area contributed by atoms with Crippen LogP contribution in [0.1, 0.15) is 24.1 Å². The summed E-state index contributed by atoms with van der Waals surface area (Å²) in [6.45, 7) is 4.98. The maximum absolute atomic E-state index is 6.17. The second-order valence-electron chi connectivity index (χ2n) is 7.38. The molecule has 0 saturated carbocycles. The summed E-state index contributed by atoms with van der Waals surface area (Å²) in [6, 6.07) is 9.95. The quantitative estimate of drug-likeness (QED) is 0.667. The fraction of sp³-hybridized carbons (Fsp3) is 0.524. The van der Waals surface area contributed by atoms with Gasteiger partial charge in [-0.25, -0.2) is 4.98 Å². The van der Waals surface area contributed by atoms with Gasteiger partial charge in [0, 0.05) is 50.8 Å². The van der Waals surface area contributed by atoms with Crippen molar-refractivity contribution >= 4 is 0 Å². The fourth-order valence-electron chi connectivity index (χ4n) is 4.22. The highest BCUT2D eigenvalue weighted by Gasteiger charge is 2.52. The van der Waals surface area contributed by atoms with Crippen LogP contribution in [0.25, 0.3) is 0 Å². The van der Waals surface area contributed by atoms with E-state index in [-0.39, 0.29) is 5.60 Å². The molecule has 1 unspecified atom stereocenters. The minimum atomic E-state index is 0.00377. The Morgan fingerprint density at radius 2 is 2.07 bits per heavy atom. The molecule has 2 fully saturated rings. The number of ether oxygens (including phenoxy) is 3. The average Bonchev–Trinajstić information content (AvgIpc) is 3.10. The second-order valence-corrected chi connectivity index (χ2v) is 7.38. The molecule has 4 heterocycles. The molecule has 0 amide bonds. The lowest BCUT2D eigenvalue weighted by atomic mass is 9.79. The van der Waals surface area contributed by atoms with Crippen LogP contribution < -0.4 is 4.74 Å². The predicted molar refractivity (Wildman–Crippen MR) is 101 cm³/mol. The summed E-state index contributed by atoms with van der Waals surface area (Å²) in [5.74, 6) is 1.28. The first-order valence-corrected chi connectivity index (χ1v) is 9.61. The molecule has 144 valence electrons. The molecule has 1 spiro atoms. The molecule has 0 aliphatic carbocycles. The van der Waals surface area contributed by atoms with E-state index >= 15 is 0 Å². The third kappa shape index (κ3) is 4.13. The molecule has 0 bridgehead atoms. The van der Waals surface area contributed by atoms with Gasteiger partial charge in [-0.2, -0.15) is 0 Å². The summed E-state index contributed by atoms with van der Waals surface area (Å²) in [5, 5.41) is 0. The van der Waals surface area contributed by atoms with Gasteiger partial charge in [-0.15, -0.1) is 0 Å². The number of nitrogens with zero attached hydrogens (tertiary/aromatic N) is 3. The molecule has 0 radical (unpaired) electrons. The number of aromatic nitrogens is 2. The van der Waals surface area contributed by atoms with Gasteiger partial charge in [-0.1, -0.05) is 12.1 Å². The van der Waals surface area contributed by atoms with E-state index in [9.17, 15) is 0 Å². The van der Waals surface area contributed by atoms with Crippen LogP contribution in [0.5, 0.6) is 5.88 Å².